The normalized spacial score (nSPS) is 11.6. The second-order valence-corrected chi connectivity index (χ2v) is 13.5. The van der Waals surface area contributed by atoms with Gasteiger partial charge in [0.25, 0.3) is 0 Å². The van der Waals surface area contributed by atoms with E-state index in [9.17, 15) is 0 Å². The molecular weight excluding hydrogens is 581 g/mol. The highest BCUT2D eigenvalue weighted by molar-refractivity contribution is 6.09. The van der Waals surface area contributed by atoms with Crippen LogP contribution >= 0.6 is 0 Å². The number of fused-ring (bicyclic) bond motifs is 3. The standard InChI is InChI=1S/C46H38N2/c1-46(2,3)48-44-23-11-10-22-42(44)43-32-38(26-29-45(43)48)36-17-12-16-35(30-36)37-18-13-21-41(31-37)47(39-19-8-5-9-20-39)40-27-24-34(25-28-40)33-14-6-4-7-15-33/h4-32H,1-3H3. The number of benzene rings is 7. The van der Waals surface area contributed by atoms with Crippen LogP contribution in [0.4, 0.5) is 17.1 Å². The summed E-state index contributed by atoms with van der Waals surface area (Å²) in [5.41, 5.74) is 13.1. The molecule has 8 rings (SSSR count). The Morgan fingerprint density at radius 3 is 1.54 bits per heavy atom. The summed E-state index contributed by atoms with van der Waals surface area (Å²) in [6, 6.07) is 63.6. The van der Waals surface area contributed by atoms with E-state index in [0.29, 0.717) is 0 Å². The molecule has 0 radical (unpaired) electrons. The van der Waals surface area contributed by atoms with Crippen molar-refractivity contribution in [3.8, 4) is 33.4 Å². The number of nitrogens with zero attached hydrogens (tertiary/aromatic N) is 2. The highest BCUT2D eigenvalue weighted by Crippen LogP contribution is 2.39. The fourth-order valence-electron chi connectivity index (χ4n) is 7.04. The largest absolute Gasteiger partial charge is 0.335 e. The number of para-hydroxylation sites is 2. The first-order valence-electron chi connectivity index (χ1n) is 16.7. The van der Waals surface area contributed by atoms with Gasteiger partial charge in [-0.2, -0.15) is 0 Å². The van der Waals surface area contributed by atoms with Gasteiger partial charge < -0.3 is 9.47 Å². The van der Waals surface area contributed by atoms with Crippen molar-refractivity contribution in [3.05, 3.63) is 176 Å². The quantitative estimate of drug-likeness (QED) is 0.180. The van der Waals surface area contributed by atoms with Crippen LogP contribution in [0.5, 0.6) is 0 Å². The highest BCUT2D eigenvalue weighted by Gasteiger charge is 2.21. The highest BCUT2D eigenvalue weighted by atomic mass is 15.1. The molecule has 2 heteroatoms. The molecule has 0 unspecified atom stereocenters. The third-order valence-electron chi connectivity index (χ3n) is 9.22. The second kappa shape index (κ2) is 12.1. The molecule has 0 N–H and O–H groups in total. The van der Waals surface area contributed by atoms with E-state index < -0.39 is 0 Å². The summed E-state index contributed by atoms with van der Waals surface area (Å²) < 4.78 is 2.47. The van der Waals surface area contributed by atoms with Gasteiger partial charge in [0.2, 0.25) is 0 Å². The fourth-order valence-corrected chi connectivity index (χ4v) is 7.04. The van der Waals surface area contributed by atoms with E-state index in [4.69, 9.17) is 0 Å². The fraction of sp³-hybridized carbons (Fsp3) is 0.0870. The van der Waals surface area contributed by atoms with Gasteiger partial charge in [-0.15, -0.1) is 0 Å². The Labute approximate surface area is 283 Å². The first kappa shape index (κ1) is 29.5. The Balaban J connectivity index is 1.18. The molecule has 1 aromatic heterocycles. The Bertz CT molecular complexity index is 2360. The van der Waals surface area contributed by atoms with E-state index >= 15 is 0 Å². The van der Waals surface area contributed by atoms with Gasteiger partial charge in [-0.25, -0.2) is 0 Å². The SMILES string of the molecule is CC(C)(C)n1c2ccccc2c2cc(-c3cccc(-c4cccc(N(c5ccccc5)c5ccc(-c6ccccc6)cc5)c4)c3)ccc21. The molecule has 8 aromatic rings. The average molecular weight is 619 g/mol. The molecule has 0 aliphatic carbocycles. The molecule has 0 saturated carbocycles. The van der Waals surface area contributed by atoms with Gasteiger partial charge in [0.05, 0.1) is 0 Å². The third kappa shape index (κ3) is 5.46. The van der Waals surface area contributed by atoms with Gasteiger partial charge in [0.1, 0.15) is 0 Å². The molecule has 0 amide bonds. The van der Waals surface area contributed by atoms with E-state index in [1.807, 2.05) is 0 Å². The molecule has 1 heterocycles. The molecule has 0 aliphatic heterocycles. The molecule has 2 nitrogen and oxygen atoms in total. The maximum absolute atomic E-state index is 2.47. The maximum atomic E-state index is 2.47. The molecular formula is C46H38N2. The lowest BCUT2D eigenvalue weighted by Crippen LogP contribution is -2.21. The molecule has 7 aromatic carbocycles. The lowest BCUT2D eigenvalue weighted by molar-refractivity contribution is 0.423. The molecule has 232 valence electrons. The minimum Gasteiger partial charge on any atom is -0.335 e. The van der Waals surface area contributed by atoms with E-state index in [1.54, 1.807) is 0 Å². The minimum absolute atomic E-state index is 0.0225. The van der Waals surface area contributed by atoms with E-state index in [0.717, 1.165) is 17.1 Å². The van der Waals surface area contributed by atoms with Crippen LogP contribution in [0, 0.1) is 0 Å². The van der Waals surface area contributed by atoms with Gasteiger partial charge in [0.15, 0.2) is 0 Å². The number of rotatable bonds is 6. The molecule has 0 bridgehead atoms. The lowest BCUT2D eigenvalue weighted by Gasteiger charge is -2.26. The zero-order valence-corrected chi connectivity index (χ0v) is 27.6. The van der Waals surface area contributed by atoms with E-state index in [-0.39, 0.29) is 5.54 Å². The first-order valence-corrected chi connectivity index (χ1v) is 16.7. The van der Waals surface area contributed by atoms with Crippen LogP contribution in [0.2, 0.25) is 0 Å². The van der Waals surface area contributed by atoms with E-state index in [1.165, 1.54) is 55.2 Å². The van der Waals surface area contributed by atoms with Crippen LogP contribution in [0.15, 0.2) is 176 Å². The van der Waals surface area contributed by atoms with Crippen molar-refractivity contribution in [2.75, 3.05) is 4.90 Å². The second-order valence-electron chi connectivity index (χ2n) is 13.5. The minimum atomic E-state index is -0.0225. The molecule has 48 heavy (non-hydrogen) atoms. The summed E-state index contributed by atoms with van der Waals surface area (Å²) >= 11 is 0. The van der Waals surface area contributed by atoms with Gasteiger partial charge in [-0.1, -0.05) is 115 Å². The number of hydrogen-bond donors (Lipinski definition) is 0. The molecule has 0 atom stereocenters. The van der Waals surface area contributed by atoms with Crippen molar-refractivity contribution >= 4 is 38.9 Å². The van der Waals surface area contributed by atoms with Crippen LogP contribution in [-0.4, -0.2) is 4.57 Å². The maximum Gasteiger partial charge on any atom is 0.0496 e. The lowest BCUT2D eigenvalue weighted by atomic mass is 9.97. The van der Waals surface area contributed by atoms with Crippen molar-refractivity contribution in [3.63, 3.8) is 0 Å². The summed E-state index contributed by atoms with van der Waals surface area (Å²) in [7, 11) is 0. The summed E-state index contributed by atoms with van der Waals surface area (Å²) in [4.78, 5) is 2.33. The number of aromatic nitrogens is 1. The van der Waals surface area contributed by atoms with Crippen LogP contribution in [-0.2, 0) is 5.54 Å². The Morgan fingerprint density at radius 2 is 0.833 bits per heavy atom. The monoisotopic (exact) mass is 618 g/mol. The number of hydrogen-bond acceptors (Lipinski definition) is 1. The van der Waals surface area contributed by atoms with Gasteiger partial charge >= 0.3 is 0 Å². The summed E-state index contributed by atoms with van der Waals surface area (Å²) in [5.74, 6) is 0. The van der Waals surface area contributed by atoms with Gasteiger partial charge in [0, 0.05) is 44.4 Å². The number of anilines is 3. The molecule has 0 fully saturated rings. The van der Waals surface area contributed by atoms with Crippen molar-refractivity contribution in [1.82, 2.24) is 4.57 Å². The molecule has 0 aliphatic rings. The topological polar surface area (TPSA) is 8.17 Å². The summed E-state index contributed by atoms with van der Waals surface area (Å²) in [5, 5.41) is 2.59. The van der Waals surface area contributed by atoms with Crippen LogP contribution in [0.1, 0.15) is 20.8 Å². The van der Waals surface area contributed by atoms with Crippen molar-refractivity contribution in [2.45, 2.75) is 26.3 Å². The Morgan fingerprint density at radius 1 is 0.354 bits per heavy atom. The van der Waals surface area contributed by atoms with Crippen LogP contribution in [0.25, 0.3) is 55.2 Å². The van der Waals surface area contributed by atoms with Crippen LogP contribution in [0.3, 0.4) is 0 Å². The van der Waals surface area contributed by atoms with Crippen LogP contribution < -0.4 is 4.90 Å². The summed E-state index contributed by atoms with van der Waals surface area (Å²) in [6.45, 7) is 6.84. The predicted octanol–water partition coefficient (Wildman–Crippen LogP) is 13.0. The average Bonchev–Trinajstić information content (AvgIpc) is 3.48. The van der Waals surface area contributed by atoms with Gasteiger partial charge in [-0.3, -0.25) is 0 Å². The molecule has 0 spiro atoms. The van der Waals surface area contributed by atoms with Gasteiger partial charge in [-0.05, 0) is 115 Å². The van der Waals surface area contributed by atoms with E-state index in [2.05, 4.69) is 206 Å². The van der Waals surface area contributed by atoms with Crippen molar-refractivity contribution in [2.24, 2.45) is 0 Å². The zero-order chi connectivity index (χ0) is 32.7. The third-order valence-corrected chi connectivity index (χ3v) is 9.22. The van der Waals surface area contributed by atoms with Crippen molar-refractivity contribution in [1.29, 1.82) is 0 Å². The summed E-state index contributed by atoms with van der Waals surface area (Å²) in [6.07, 6.45) is 0. The first-order chi connectivity index (χ1) is 23.4. The Kier molecular flexibility index (Phi) is 7.42. The molecule has 0 saturated heterocycles. The zero-order valence-electron chi connectivity index (χ0n) is 27.6. The predicted molar refractivity (Wildman–Crippen MR) is 205 cm³/mol. The smallest absolute Gasteiger partial charge is 0.0496 e. The Hall–Kier alpha value is -5.86. The van der Waals surface area contributed by atoms with Crippen molar-refractivity contribution < 1.29 is 0 Å².